The van der Waals surface area contributed by atoms with Crippen molar-refractivity contribution in [1.29, 1.82) is 0 Å². The van der Waals surface area contributed by atoms with E-state index in [4.69, 9.17) is 9.84 Å². The molecule has 0 spiro atoms. The number of H-pyrrole nitrogens is 1. The quantitative estimate of drug-likeness (QED) is 0.436. The topological polar surface area (TPSA) is 134 Å². The van der Waals surface area contributed by atoms with Gasteiger partial charge in [0.2, 0.25) is 5.91 Å². The van der Waals surface area contributed by atoms with Gasteiger partial charge in [0.15, 0.2) is 11.5 Å². The number of fused-ring (bicyclic) bond motifs is 1. The molecule has 1 aromatic carbocycles. The summed E-state index contributed by atoms with van der Waals surface area (Å²) in [5.74, 6) is -0.830. The molecule has 0 radical (unpaired) electrons. The molecule has 1 aliphatic rings. The minimum absolute atomic E-state index is 0.122. The third kappa shape index (κ3) is 4.83. The van der Waals surface area contributed by atoms with Gasteiger partial charge in [-0.25, -0.2) is 0 Å². The molecular weight excluding hydrogens is 452 g/mol. The SMILES string of the molecule is COc1c(C(=O)NC2CCN(C(=O)CO)CC2)[nH]c2cc(C)n(CC(=O)c3ccccc3)c(=O)c12. The molecule has 2 aromatic heterocycles. The smallest absolute Gasteiger partial charge is 0.271 e. The number of aliphatic hydroxyl groups is 1. The van der Waals surface area contributed by atoms with Crippen LogP contribution >= 0.6 is 0 Å². The van der Waals surface area contributed by atoms with Crippen molar-refractivity contribution >= 4 is 28.5 Å². The Morgan fingerprint density at radius 3 is 2.49 bits per heavy atom. The molecule has 4 rings (SSSR count). The lowest BCUT2D eigenvalue weighted by Gasteiger charge is -2.32. The van der Waals surface area contributed by atoms with Crippen LogP contribution < -0.4 is 15.6 Å². The Morgan fingerprint density at radius 1 is 1.17 bits per heavy atom. The van der Waals surface area contributed by atoms with Gasteiger partial charge in [-0.2, -0.15) is 0 Å². The summed E-state index contributed by atoms with van der Waals surface area (Å²) in [6.45, 7) is 1.94. The number of carbonyl (C=O) groups is 3. The largest absolute Gasteiger partial charge is 0.493 e. The van der Waals surface area contributed by atoms with Gasteiger partial charge in [0.25, 0.3) is 11.5 Å². The first-order valence-electron chi connectivity index (χ1n) is 11.4. The molecule has 0 atom stereocenters. The number of benzene rings is 1. The molecule has 0 saturated carbocycles. The number of carbonyl (C=O) groups excluding carboxylic acids is 3. The minimum atomic E-state index is -0.531. The average molecular weight is 481 g/mol. The first-order valence-corrected chi connectivity index (χ1v) is 11.4. The van der Waals surface area contributed by atoms with Crippen LogP contribution in [0.2, 0.25) is 0 Å². The molecule has 1 fully saturated rings. The van der Waals surface area contributed by atoms with E-state index in [1.165, 1.54) is 11.7 Å². The number of aromatic amines is 1. The normalized spacial score (nSPS) is 14.2. The predicted octanol–water partition coefficient (Wildman–Crippen LogP) is 1.24. The molecule has 3 aromatic rings. The minimum Gasteiger partial charge on any atom is -0.493 e. The number of aryl methyl sites for hydroxylation is 1. The molecule has 2 amide bonds. The fourth-order valence-electron chi connectivity index (χ4n) is 4.45. The van der Waals surface area contributed by atoms with Gasteiger partial charge in [0.05, 0.1) is 19.2 Å². The number of pyridine rings is 1. The van der Waals surface area contributed by atoms with E-state index >= 15 is 0 Å². The van der Waals surface area contributed by atoms with Gasteiger partial charge < -0.3 is 29.6 Å². The number of nitrogens with zero attached hydrogens (tertiary/aromatic N) is 2. The highest BCUT2D eigenvalue weighted by Crippen LogP contribution is 2.28. The summed E-state index contributed by atoms with van der Waals surface area (Å²) >= 11 is 0. The summed E-state index contributed by atoms with van der Waals surface area (Å²) in [6.07, 6.45) is 1.10. The number of ketones is 1. The summed E-state index contributed by atoms with van der Waals surface area (Å²) in [5, 5.41) is 12.2. The van der Waals surface area contributed by atoms with Gasteiger partial charge in [-0.1, -0.05) is 30.3 Å². The van der Waals surface area contributed by atoms with E-state index in [1.807, 2.05) is 6.07 Å². The Hall–Kier alpha value is -3.92. The zero-order chi connectivity index (χ0) is 25.1. The summed E-state index contributed by atoms with van der Waals surface area (Å²) < 4.78 is 6.84. The lowest BCUT2D eigenvalue weighted by atomic mass is 10.0. The van der Waals surface area contributed by atoms with E-state index in [1.54, 1.807) is 42.2 Å². The van der Waals surface area contributed by atoms with Gasteiger partial charge in [0.1, 0.15) is 17.7 Å². The number of nitrogens with one attached hydrogen (secondary N) is 2. The fraction of sp³-hybridized carbons (Fsp3) is 0.360. The highest BCUT2D eigenvalue weighted by atomic mass is 16.5. The molecule has 3 N–H and O–H groups in total. The Kier molecular flexibility index (Phi) is 7.02. The Bertz CT molecular complexity index is 1320. The predicted molar refractivity (Wildman–Crippen MR) is 129 cm³/mol. The first kappa shape index (κ1) is 24.2. The summed E-state index contributed by atoms with van der Waals surface area (Å²) in [6, 6.07) is 10.3. The van der Waals surface area contributed by atoms with Gasteiger partial charge >= 0.3 is 0 Å². The van der Waals surface area contributed by atoms with Crippen molar-refractivity contribution in [2.45, 2.75) is 32.4 Å². The molecular formula is C25H28N4O6. The van der Waals surface area contributed by atoms with E-state index in [0.717, 1.165) is 0 Å². The molecule has 10 nitrogen and oxygen atoms in total. The molecule has 0 unspecified atom stereocenters. The summed E-state index contributed by atoms with van der Waals surface area (Å²) in [4.78, 5) is 55.4. The molecule has 184 valence electrons. The van der Waals surface area contributed by atoms with Crippen molar-refractivity contribution in [3.8, 4) is 5.75 Å². The molecule has 0 aliphatic carbocycles. The number of likely N-dealkylation sites (tertiary alicyclic amines) is 1. The molecule has 35 heavy (non-hydrogen) atoms. The van der Waals surface area contributed by atoms with Crippen LogP contribution in [0, 0.1) is 6.92 Å². The van der Waals surface area contributed by atoms with E-state index in [9.17, 15) is 19.2 Å². The number of aliphatic hydroxyl groups excluding tert-OH is 1. The lowest BCUT2D eigenvalue weighted by Crippen LogP contribution is -2.47. The van der Waals surface area contributed by atoms with E-state index < -0.39 is 18.1 Å². The number of methoxy groups -OCH3 is 1. The maximum atomic E-state index is 13.4. The lowest BCUT2D eigenvalue weighted by molar-refractivity contribution is -0.135. The summed E-state index contributed by atoms with van der Waals surface area (Å²) in [5.41, 5.74) is 1.23. The number of piperidine rings is 1. The first-order chi connectivity index (χ1) is 16.8. The third-order valence-electron chi connectivity index (χ3n) is 6.37. The zero-order valence-electron chi connectivity index (χ0n) is 19.7. The van der Waals surface area contributed by atoms with Crippen molar-refractivity contribution in [2.24, 2.45) is 0 Å². The van der Waals surface area contributed by atoms with E-state index in [0.29, 0.717) is 42.7 Å². The number of Topliss-reactive ketones (excluding diaryl/α,β-unsaturated/α-hetero) is 1. The Labute approximate surface area is 201 Å². The van der Waals surface area contributed by atoms with Gasteiger partial charge in [-0.05, 0) is 25.8 Å². The number of hydrogen-bond acceptors (Lipinski definition) is 6. The standard InChI is InChI=1S/C25H28N4O6/c1-15-12-18-21(25(34)29(15)13-19(31)16-6-4-3-5-7-16)23(35-2)22(27-18)24(33)26-17-8-10-28(11-9-17)20(32)14-30/h3-7,12,17,27,30H,8-11,13-14H2,1-2H3,(H,26,33). The van der Waals surface area contributed by atoms with Crippen LogP contribution in [0.1, 0.15) is 39.4 Å². The van der Waals surface area contributed by atoms with Gasteiger partial charge in [0, 0.05) is 30.4 Å². The highest BCUT2D eigenvalue weighted by Gasteiger charge is 2.27. The molecule has 3 heterocycles. The zero-order valence-corrected chi connectivity index (χ0v) is 19.7. The molecule has 1 aliphatic heterocycles. The van der Waals surface area contributed by atoms with Crippen LogP contribution in [-0.4, -0.2) is 70.0 Å². The van der Waals surface area contributed by atoms with Crippen molar-refractivity contribution in [1.82, 2.24) is 19.8 Å². The maximum Gasteiger partial charge on any atom is 0.271 e. The molecule has 1 saturated heterocycles. The molecule has 10 heteroatoms. The van der Waals surface area contributed by atoms with Crippen LogP contribution in [-0.2, 0) is 11.3 Å². The van der Waals surface area contributed by atoms with Crippen LogP contribution in [0.4, 0.5) is 0 Å². The van der Waals surface area contributed by atoms with E-state index in [2.05, 4.69) is 10.3 Å². The summed E-state index contributed by atoms with van der Waals surface area (Å²) in [7, 11) is 1.39. The second-order valence-corrected chi connectivity index (χ2v) is 8.57. The van der Waals surface area contributed by atoms with E-state index in [-0.39, 0.29) is 41.1 Å². The monoisotopic (exact) mass is 480 g/mol. The Morgan fingerprint density at radius 2 is 1.86 bits per heavy atom. The van der Waals surface area contributed by atoms with Crippen molar-refractivity contribution in [2.75, 3.05) is 26.8 Å². The van der Waals surface area contributed by atoms with Crippen LogP contribution in [0.5, 0.6) is 5.75 Å². The average Bonchev–Trinajstić information content (AvgIpc) is 3.25. The second-order valence-electron chi connectivity index (χ2n) is 8.57. The fourth-order valence-corrected chi connectivity index (χ4v) is 4.45. The van der Waals surface area contributed by atoms with Crippen LogP contribution in [0.15, 0.2) is 41.2 Å². The second kappa shape index (κ2) is 10.1. The maximum absolute atomic E-state index is 13.4. The van der Waals surface area contributed by atoms with Gasteiger partial charge in [-0.3, -0.25) is 19.2 Å². The Balaban J connectivity index is 1.59. The van der Waals surface area contributed by atoms with Crippen molar-refractivity contribution < 1.29 is 24.2 Å². The van der Waals surface area contributed by atoms with Gasteiger partial charge in [-0.15, -0.1) is 0 Å². The number of hydrogen-bond donors (Lipinski definition) is 3. The number of aromatic nitrogens is 2. The molecule has 0 bridgehead atoms. The van der Waals surface area contributed by atoms with Crippen LogP contribution in [0.25, 0.3) is 10.9 Å². The highest BCUT2D eigenvalue weighted by molar-refractivity contribution is 6.03. The van der Waals surface area contributed by atoms with Crippen LogP contribution in [0.3, 0.4) is 0 Å². The van der Waals surface area contributed by atoms with Crippen molar-refractivity contribution in [3.05, 3.63) is 63.7 Å². The number of amides is 2. The third-order valence-corrected chi connectivity index (χ3v) is 6.37. The number of rotatable bonds is 7. The number of ether oxygens (including phenoxy) is 1. The van der Waals surface area contributed by atoms with Crippen molar-refractivity contribution in [3.63, 3.8) is 0 Å².